The molecule has 0 saturated carbocycles. The van der Waals surface area contributed by atoms with Gasteiger partial charge in [0.15, 0.2) is 0 Å². The molecule has 1 aliphatic rings. The molecule has 0 aliphatic carbocycles. The highest BCUT2D eigenvalue weighted by atomic mass is 15.1. The molecule has 3 atom stereocenters. The lowest BCUT2D eigenvalue weighted by molar-refractivity contribution is 0.153. The van der Waals surface area contributed by atoms with Gasteiger partial charge in [-0.05, 0) is 57.8 Å². The largest absolute Gasteiger partial charge is 0.306 e. The molecule has 0 amide bonds. The van der Waals surface area contributed by atoms with Crippen molar-refractivity contribution >= 4 is 0 Å². The maximum atomic E-state index is 4.44. The molecular weight excluding hydrogens is 234 g/mol. The molecule has 3 unspecified atom stereocenters. The van der Waals surface area contributed by atoms with Gasteiger partial charge in [-0.1, -0.05) is 13.0 Å². The van der Waals surface area contributed by atoms with Crippen molar-refractivity contribution in [3.8, 4) is 0 Å². The monoisotopic (exact) mass is 261 g/mol. The lowest BCUT2D eigenvalue weighted by atomic mass is 9.91. The first-order valence-corrected chi connectivity index (χ1v) is 7.60. The second-order valence-corrected chi connectivity index (χ2v) is 5.73. The number of aromatic nitrogens is 1. The Labute approximate surface area is 117 Å². The Morgan fingerprint density at radius 3 is 2.95 bits per heavy atom. The summed E-state index contributed by atoms with van der Waals surface area (Å²) in [7, 11) is 0. The van der Waals surface area contributed by atoms with Crippen LogP contribution in [0.3, 0.4) is 0 Å². The molecule has 0 spiro atoms. The lowest BCUT2D eigenvalue weighted by Gasteiger charge is -2.36. The van der Waals surface area contributed by atoms with Gasteiger partial charge >= 0.3 is 0 Å². The Morgan fingerprint density at radius 2 is 2.26 bits per heavy atom. The highest BCUT2D eigenvalue weighted by molar-refractivity contribution is 5.08. The van der Waals surface area contributed by atoms with Crippen LogP contribution in [0.5, 0.6) is 0 Å². The van der Waals surface area contributed by atoms with Crippen molar-refractivity contribution in [3.05, 3.63) is 30.1 Å². The summed E-state index contributed by atoms with van der Waals surface area (Å²) in [6.07, 6.45) is 4.56. The highest BCUT2D eigenvalue weighted by Crippen LogP contribution is 2.21. The van der Waals surface area contributed by atoms with Crippen LogP contribution in [0.2, 0.25) is 0 Å². The molecule has 1 N–H and O–H groups in total. The zero-order valence-corrected chi connectivity index (χ0v) is 12.5. The van der Waals surface area contributed by atoms with Gasteiger partial charge < -0.3 is 10.2 Å². The molecule has 3 nitrogen and oxygen atoms in total. The number of pyridine rings is 1. The smallest absolute Gasteiger partial charge is 0.0570 e. The summed E-state index contributed by atoms with van der Waals surface area (Å²) in [5.74, 6) is 0.764. The summed E-state index contributed by atoms with van der Waals surface area (Å²) >= 11 is 0. The van der Waals surface area contributed by atoms with Gasteiger partial charge in [0.25, 0.3) is 0 Å². The number of nitrogens with one attached hydrogen (secondary N) is 1. The van der Waals surface area contributed by atoms with Crippen LogP contribution in [-0.2, 0) is 0 Å². The van der Waals surface area contributed by atoms with Gasteiger partial charge in [-0.15, -0.1) is 0 Å². The number of likely N-dealkylation sites (tertiary alicyclic amines) is 1. The van der Waals surface area contributed by atoms with E-state index in [1.165, 1.54) is 32.5 Å². The SMILES string of the molecule is CCN1CCCC(C(C)NC(C)c2ccccn2)C1. The van der Waals surface area contributed by atoms with Crippen LogP contribution in [0.4, 0.5) is 0 Å². The first-order valence-electron chi connectivity index (χ1n) is 7.60. The molecule has 3 heteroatoms. The maximum absolute atomic E-state index is 4.44. The van der Waals surface area contributed by atoms with E-state index in [2.05, 4.69) is 48.1 Å². The average Bonchev–Trinajstić information content (AvgIpc) is 2.48. The van der Waals surface area contributed by atoms with Gasteiger partial charge in [0.1, 0.15) is 0 Å². The van der Waals surface area contributed by atoms with Crippen LogP contribution < -0.4 is 5.32 Å². The second kappa shape index (κ2) is 7.01. The zero-order chi connectivity index (χ0) is 13.7. The van der Waals surface area contributed by atoms with E-state index < -0.39 is 0 Å². The minimum Gasteiger partial charge on any atom is -0.306 e. The lowest BCUT2D eigenvalue weighted by Crippen LogP contribution is -2.45. The summed E-state index contributed by atoms with van der Waals surface area (Å²) in [5, 5.41) is 3.72. The number of nitrogens with zero attached hydrogens (tertiary/aromatic N) is 2. The molecule has 2 heterocycles. The van der Waals surface area contributed by atoms with Crippen LogP contribution in [-0.4, -0.2) is 35.6 Å². The Morgan fingerprint density at radius 1 is 1.42 bits per heavy atom. The van der Waals surface area contributed by atoms with Crippen LogP contribution in [0.25, 0.3) is 0 Å². The van der Waals surface area contributed by atoms with Crippen molar-refractivity contribution in [1.82, 2.24) is 15.2 Å². The molecule has 0 radical (unpaired) electrons. The van der Waals surface area contributed by atoms with Crippen LogP contribution in [0.15, 0.2) is 24.4 Å². The number of rotatable bonds is 5. The van der Waals surface area contributed by atoms with E-state index >= 15 is 0 Å². The van der Waals surface area contributed by atoms with Gasteiger partial charge in [0.2, 0.25) is 0 Å². The molecule has 0 aromatic carbocycles. The summed E-state index contributed by atoms with van der Waals surface area (Å²) < 4.78 is 0. The zero-order valence-electron chi connectivity index (χ0n) is 12.5. The minimum absolute atomic E-state index is 0.327. The second-order valence-electron chi connectivity index (χ2n) is 5.73. The van der Waals surface area contributed by atoms with Crippen LogP contribution in [0, 0.1) is 5.92 Å². The third-order valence-corrected chi connectivity index (χ3v) is 4.34. The third-order valence-electron chi connectivity index (χ3n) is 4.34. The number of hydrogen-bond acceptors (Lipinski definition) is 3. The van der Waals surface area contributed by atoms with E-state index in [0.29, 0.717) is 12.1 Å². The topological polar surface area (TPSA) is 28.2 Å². The van der Waals surface area contributed by atoms with E-state index in [0.717, 1.165) is 11.6 Å². The predicted molar refractivity (Wildman–Crippen MR) is 80.1 cm³/mol. The Bertz CT molecular complexity index is 366. The highest BCUT2D eigenvalue weighted by Gasteiger charge is 2.24. The minimum atomic E-state index is 0.327. The van der Waals surface area contributed by atoms with E-state index in [-0.39, 0.29) is 0 Å². The Hall–Kier alpha value is -0.930. The Kier molecular flexibility index (Phi) is 5.34. The third kappa shape index (κ3) is 4.02. The first-order chi connectivity index (χ1) is 9.20. The predicted octanol–water partition coefficient (Wildman–Crippen LogP) is 2.85. The normalized spacial score (nSPS) is 24.1. The molecule has 19 heavy (non-hydrogen) atoms. The average molecular weight is 261 g/mol. The van der Waals surface area contributed by atoms with Crippen molar-refractivity contribution in [2.24, 2.45) is 5.92 Å². The molecule has 2 rings (SSSR count). The summed E-state index contributed by atoms with van der Waals surface area (Å²) in [4.78, 5) is 7.00. The maximum Gasteiger partial charge on any atom is 0.0570 e. The molecule has 0 bridgehead atoms. The molecule has 1 saturated heterocycles. The van der Waals surface area contributed by atoms with Crippen molar-refractivity contribution in [2.75, 3.05) is 19.6 Å². The summed E-state index contributed by atoms with van der Waals surface area (Å²) in [5.41, 5.74) is 1.14. The van der Waals surface area contributed by atoms with E-state index in [1.807, 2.05) is 12.3 Å². The summed E-state index contributed by atoms with van der Waals surface area (Å²) in [6, 6.07) is 7.01. The van der Waals surface area contributed by atoms with Gasteiger partial charge in [-0.3, -0.25) is 4.98 Å². The summed E-state index contributed by atoms with van der Waals surface area (Å²) in [6.45, 7) is 10.5. The molecule has 1 aromatic rings. The van der Waals surface area contributed by atoms with Crippen molar-refractivity contribution in [3.63, 3.8) is 0 Å². The fourth-order valence-electron chi connectivity index (χ4n) is 3.03. The quantitative estimate of drug-likeness (QED) is 0.883. The first kappa shape index (κ1) is 14.5. The molecule has 106 valence electrons. The molecule has 1 fully saturated rings. The van der Waals surface area contributed by atoms with E-state index in [4.69, 9.17) is 0 Å². The van der Waals surface area contributed by atoms with Crippen LogP contribution in [0.1, 0.15) is 45.3 Å². The van der Waals surface area contributed by atoms with Gasteiger partial charge in [0, 0.05) is 24.8 Å². The van der Waals surface area contributed by atoms with Crippen molar-refractivity contribution in [1.29, 1.82) is 0 Å². The molecule has 1 aliphatic heterocycles. The molecule has 1 aromatic heterocycles. The molecular formula is C16H27N3. The fraction of sp³-hybridized carbons (Fsp3) is 0.688. The van der Waals surface area contributed by atoms with E-state index in [1.54, 1.807) is 0 Å². The van der Waals surface area contributed by atoms with Crippen molar-refractivity contribution in [2.45, 2.75) is 45.7 Å². The van der Waals surface area contributed by atoms with Gasteiger partial charge in [0.05, 0.1) is 5.69 Å². The van der Waals surface area contributed by atoms with Crippen molar-refractivity contribution < 1.29 is 0 Å². The Balaban J connectivity index is 1.88. The number of piperidine rings is 1. The van der Waals surface area contributed by atoms with Gasteiger partial charge in [-0.25, -0.2) is 0 Å². The van der Waals surface area contributed by atoms with Crippen LogP contribution >= 0.6 is 0 Å². The standard InChI is InChI=1S/C16H27N3/c1-4-19-11-7-8-15(12-19)13(2)18-14(3)16-9-5-6-10-17-16/h5-6,9-10,13-15,18H,4,7-8,11-12H2,1-3H3. The fourth-order valence-corrected chi connectivity index (χ4v) is 3.03. The van der Waals surface area contributed by atoms with E-state index in [9.17, 15) is 0 Å². The number of hydrogen-bond donors (Lipinski definition) is 1. The van der Waals surface area contributed by atoms with Gasteiger partial charge in [-0.2, -0.15) is 0 Å².